The lowest BCUT2D eigenvalue weighted by Crippen LogP contribution is -2.02. The second-order valence-corrected chi connectivity index (χ2v) is 6.12. The van der Waals surface area contributed by atoms with E-state index in [9.17, 15) is 9.13 Å². The van der Waals surface area contributed by atoms with Gasteiger partial charge in [0.2, 0.25) is 0 Å². The summed E-state index contributed by atoms with van der Waals surface area (Å²) in [5.41, 5.74) is 0. The van der Waals surface area contributed by atoms with Gasteiger partial charge < -0.3 is 19.6 Å². The molecule has 0 aliphatic carbocycles. The maximum atomic E-state index is 10.2. The zero-order valence-corrected chi connectivity index (χ0v) is 6.87. The summed E-state index contributed by atoms with van der Waals surface area (Å²) in [5, 5.41) is -1.90. The molecule has 9 heteroatoms. The van der Waals surface area contributed by atoms with Gasteiger partial charge in [-0.3, -0.25) is 9.13 Å². The molecule has 0 spiro atoms. The van der Waals surface area contributed by atoms with Crippen molar-refractivity contribution in [3.63, 3.8) is 0 Å². The normalized spacial score (nSPS) is 12.9. The van der Waals surface area contributed by atoms with Gasteiger partial charge in [-0.15, -0.1) is 0 Å². The summed E-state index contributed by atoms with van der Waals surface area (Å²) >= 11 is 0. The van der Waals surface area contributed by atoms with Crippen molar-refractivity contribution in [3.05, 3.63) is 0 Å². The van der Waals surface area contributed by atoms with Gasteiger partial charge in [-0.25, -0.2) is 0 Å². The molecule has 68 valence electrons. The van der Waals surface area contributed by atoms with E-state index < -0.39 is 20.6 Å². The van der Waals surface area contributed by atoms with Crippen LogP contribution in [0.5, 0.6) is 0 Å². The molecular weight excluding hydrogens is 193 g/mol. The third kappa shape index (κ3) is 4.74. The van der Waals surface area contributed by atoms with E-state index in [-0.39, 0.29) is 8.41 Å². The fourth-order valence-electron chi connectivity index (χ4n) is 0.196. The Morgan fingerprint density at radius 3 is 1.18 bits per heavy atom. The summed E-state index contributed by atoms with van der Waals surface area (Å²) < 4.78 is 20.4. The fraction of sp³-hybridized carbons (Fsp3) is 1.00. The first kappa shape index (κ1) is 13.9. The molecule has 11 heavy (non-hydrogen) atoms. The highest BCUT2D eigenvalue weighted by atomic mass is 31.2. The highest BCUT2D eigenvalue weighted by Gasteiger charge is 2.38. The van der Waals surface area contributed by atoms with Crippen molar-refractivity contribution in [3.8, 4) is 0 Å². The molecule has 6 nitrogen and oxygen atoms in total. The lowest BCUT2D eigenvalue weighted by atomic mass is 10.8. The highest BCUT2D eigenvalue weighted by molar-refractivity contribution is 7.70. The molecule has 0 aromatic rings. The molecule has 0 rings (SSSR count). The predicted molar refractivity (Wildman–Crippen MR) is 43.5 cm³/mol. The van der Waals surface area contributed by atoms with Crippen molar-refractivity contribution in [1.82, 2.24) is 0 Å². The van der Waals surface area contributed by atoms with Crippen molar-refractivity contribution in [2.45, 2.75) is 12.3 Å². The van der Waals surface area contributed by atoms with Gasteiger partial charge in [0.05, 0.1) is 8.41 Å². The minimum atomic E-state index is -4.64. The molecule has 0 atom stereocenters. The predicted octanol–water partition coefficient (Wildman–Crippen LogP) is -1.50. The van der Waals surface area contributed by atoms with E-state index in [1.165, 1.54) is 0 Å². The van der Waals surface area contributed by atoms with Gasteiger partial charge in [-0.1, -0.05) is 0 Å². The van der Waals surface area contributed by atoms with Crippen LogP contribution in [0.15, 0.2) is 0 Å². The third-order valence-corrected chi connectivity index (χ3v) is 4.73. The van der Waals surface area contributed by atoms with Crippen LogP contribution in [0.3, 0.4) is 0 Å². The van der Waals surface area contributed by atoms with Gasteiger partial charge in [0.15, 0.2) is 5.40 Å². The topological polar surface area (TPSA) is 115 Å². The van der Waals surface area contributed by atoms with Crippen molar-refractivity contribution >= 4 is 23.6 Å². The van der Waals surface area contributed by atoms with Crippen LogP contribution in [0.2, 0.25) is 0 Å². The highest BCUT2D eigenvalue weighted by Crippen LogP contribution is 2.59. The summed E-state index contributed by atoms with van der Waals surface area (Å²) in [6.07, 6.45) is 0. The average molecular weight is 204 g/mol. The first-order chi connectivity index (χ1) is 4.15. The van der Waals surface area contributed by atoms with Crippen LogP contribution in [0, 0.1) is 0 Å². The van der Waals surface area contributed by atoms with Crippen LogP contribution in [0.25, 0.3) is 0 Å². The molecule has 0 fully saturated rings. The van der Waals surface area contributed by atoms with Gasteiger partial charge in [-0.05, 0) is 6.92 Å². The maximum Gasteiger partial charge on any atom is 0.340 e. The van der Waals surface area contributed by atoms with Crippen molar-refractivity contribution < 1.29 is 28.7 Å². The molecule has 0 aliphatic heterocycles. The van der Waals surface area contributed by atoms with Gasteiger partial charge in [-0.2, -0.15) is 0 Å². The second-order valence-electron chi connectivity index (χ2n) is 1.81. The van der Waals surface area contributed by atoms with E-state index in [4.69, 9.17) is 19.6 Å². The molecule has 0 bridgehead atoms. The summed E-state index contributed by atoms with van der Waals surface area (Å²) in [5.74, 6) is 0. The van der Waals surface area contributed by atoms with Gasteiger partial charge >= 0.3 is 15.2 Å². The Balaban J connectivity index is 0. The standard InChI is InChI=1S/C2H8O6P2.BH3/c1-2(9(3,4)5)10(6,7)8;/h2H,1H3,(H2,3,4,5)(H2,6,7,8);1H3. The molecule has 0 radical (unpaired) electrons. The Bertz CT molecular complexity index is 181. The van der Waals surface area contributed by atoms with E-state index in [1.807, 2.05) is 0 Å². The lowest BCUT2D eigenvalue weighted by molar-refractivity contribution is 0.342. The van der Waals surface area contributed by atoms with Gasteiger partial charge in [0.25, 0.3) is 0 Å². The van der Waals surface area contributed by atoms with Crippen molar-refractivity contribution in [2.24, 2.45) is 0 Å². The lowest BCUT2D eigenvalue weighted by Gasteiger charge is -2.13. The zero-order valence-electron chi connectivity index (χ0n) is 5.08. The Labute approximate surface area is 65.5 Å². The maximum absolute atomic E-state index is 10.2. The van der Waals surface area contributed by atoms with Crippen LogP contribution in [-0.2, 0) is 9.13 Å². The first-order valence-electron chi connectivity index (χ1n) is 2.26. The second kappa shape index (κ2) is 3.85. The van der Waals surface area contributed by atoms with Gasteiger partial charge in [0.1, 0.15) is 0 Å². The number of hydrogen-bond acceptors (Lipinski definition) is 2. The minimum Gasteiger partial charge on any atom is -0.324 e. The third-order valence-electron chi connectivity index (χ3n) is 0.974. The smallest absolute Gasteiger partial charge is 0.324 e. The Morgan fingerprint density at radius 1 is 1.00 bits per heavy atom. The van der Waals surface area contributed by atoms with E-state index in [1.54, 1.807) is 0 Å². The molecule has 0 unspecified atom stereocenters. The molecule has 0 saturated carbocycles. The molecular formula is C2H11BO6P2. The number of rotatable bonds is 2. The van der Waals surface area contributed by atoms with Crippen molar-refractivity contribution in [1.29, 1.82) is 0 Å². The quantitative estimate of drug-likeness (QED) is 0.321. The van der Waals surface area contributed by atoms with E-state index in [0.717, 1.165) is 6.92 Å². The van der Waals surface area contributed by atoms with Crippen molar-refractivity contribution in [2.75, 3.05) is 0 Å². The van der Waals surface area contributed by atoms with Crippen LogP contribution >= 0.6 is 15.2 Å². The molecule has 0 heterocycles. The van der Waals surface area contributed by atoms with Crippen LogP contribution < -0.4 is 0 Å². The summed E-state index contributed by atoms with van der Waals surface area (Å²) in [6, 6.07) is 0. The largest absolute Gasteiger partial charge is 0.340 e. The zero-order chi connectivity index (χ0) is 8.58. The Hall–Kier alpha value is 0.365. The van der Waals surface area contributed by atoms with Crippen LogP contribution in [0.1, 0.15) is 6.92 Å². The Kier molecular flexibility index (Phi) is 4.87. The molecule has 0 saturated heterocycles. The van der Waals surface area contributed by atoms with E-state index in [0.29, 0.717) is 0 Å². The average Bonchev–Trinajstić information content (AvgIpc) is 1.59. The Morgan fingerprint density at radius 2 is 1.18 bits per heavy atom. The molecule has 0 amide bonds. The molecule has 0 aromatic heterocycles. The van der Waals surface area contributed by atoms with Crippen LogP contribution in [0.4, 0.5) is 0 Å². The van der Waals surface area contributed by atoms with Gasteiger partial charge in [0, 0.05) is 0 Å². The molecule has 0 aromatic carbocycles. The first-order valence-corrected chi connectivity index (χ1v) is 5.62. The fourth-order valence-corrected chi connectivity index (χ4v) is 1.76. The molecule has 4 N–H and O–H groups in total. The monoisotopic (exact) mass is 204 g/mol. The SMILES string of the molecule is B.CC(P(=O)(O)O)P(=O)(O)O. The summed E-state index contributed by atoms with van der Waals surface area (Å²) in [4.78, 5) is 33.0. The van der Waals surface area contributed by atoms with E-state index in [2.05, 4.69) is 0 Å². The van der Waals surface area contributed by atoms with Crippen LogP contribution in [-0.4, -0.2) is 33.4 Å². The molecule has 0 aliphatic rings. The minimum absolute atomic E-state index is 0. The number of hydrogen-bond donors (Lipinski definition) is 4. The van der Waals surface area contributed by atoms with E-state index >= 15 is 0 Å². The summed E-state index contributed by atoms with van der Waals surface area (Å²) in [7, 11) is -9.28. The summed E-state index contributed by atoms with van der Waals surface area (Å²) in [6.45, 7) is 0.807.